The monoisotopic (exact) mass is 480 g/mol. The molecule has 0 aliphatic carbocycles. The Morgan fingerprint density at radius 1 is 1.12 bits per heavy atom. The number of rotatable bonds is 8. The Hall–Kier alpha value is -2.46. The molecule has 0 radical (unpaired) electrons. The summed E-state index contributed by atoms with van der Waals surface area (Å²) < 4.78 is 41.5. The van der Waals surface area contributed by atoms with E-state index in [0.717, 1.165) is 16.8 Å². The van der Waals surface area contributed by atoms with Crippen molar-refractivity contribution < 1.29 is 18.0 Å². The summed E-state index contributed by atoms with van der Waals surface area (Å²) in [6.07, 6.45) is -4.13. The molecule has 1 N–H and O–H groups in total. The van der Waals surface area contributed by atoms with E-state index in [1.807, 2.05) is 42.8 Å². The molecule has 0 bridgehead atoms. The van der Waals surface area contributed by atoms with Gasteiger partial charge in [-0.2, -0.15) is 13.2 Å². The summed E-state index contributed by atoms with van der Waals surface area (Å²) in [4.78, 5) is 13.8. The standard InChI is InChI=1S/C22H23F3N4OS2/c1-4-18(20(30)26-17-8-6-5-7-16(17)22(23,24)25)32-21-28-27-19(29(21)3)13-31-15-11-9-14(2)10-12-15/h5-12,18H,4,13H2,1-3H3,(H,26,30). The number of nitrogens with zero attached hydrogens (tertiary/aromatic N) is 3. The van der Waals surface area contributed by atoms with Crippen LogP contribution in [0, 0.1) is 6.92 Å². The largest absolute Gasteiger partial charge is 0.418 e. The number of para-hydroxylation sites is 1. The van der Waals surface area contributed by atoms with Gasteiger partial charge >= 0.3 is 6.18 Å². The van der Waals surface area contributed by atoms with Crippen LogP contribution in [0.4, 0.5) is 18.9 Å². The van der Waals surface area contributed by atoms with Crippen LogP contribution in [0.2, 0.25) is 0 Å². The first-order chi connectivity index (χ1) is 15.2. The highest BCUT2D eigenvalue weighted by atomic mass is 32.2. The molecule has 170 valence electrons. The molecule has 2 aromatic carbocycles. The van der Waals surface area contributed by atoms with Crippen molar-refractivity contribution >= 4 is 35.1 Å². The van der Waals surface area contributed by atoms with E-state index in [-0.39, 0.29) is 5.69 Å². The van der Waals surface area contributed by atoms with Crippen LogP contribution < -0.4 is 5.32 Å². The maximum atomic E-state index is 13.2. The highest BCUT2D eigenvalue weighted by Crippen LogP contribution is 2.35. The zero-order valence-corrected chi connectivity index (χ0v) is 19.4. The van der Waals surface area contributed by atoms with Crippen molar-refractivity contribution in [1.82, 2.24) is 14.8 Å². The van der Waals surface area contributed by atoms with E-state index in [2.05, 4.69) is 15.5 Å². The lowest BCUT2D eigenvalue weighted by Gasteiger charge is -2.17. The average molecular weight is 481 g/mol. The van der Waals surface area contributed by atoms with Crippen molar-refractivity contribution in [2.75, 3.05) is 5.32 Å². The van der Waals surface area contributed by atoms with Crippen LogP contribution >= 0.6 is 23.5 Å². The number of aromatic nitrogens is 3. The molecular formula is C22H23F3N4OS2. The molecule has 5 nitrogen and oxygen atoms in total. The third-order valence-corrected chi connectivity index (χ3v) is 7.12. The third-order valence-electron chi connectivity index (χ3n) is 4.72. The Morgan fingerprint density at radius 2 is 1.81 bits per heavy atom. The normalized spacial score (nSPS) is 12.6. The summed E-state index contributed by atoms with van der Waals surface area (Å²) in [7, 11) is 1.82. The van der Waals surface area contributed by atoms with Gasteiger partial charge in [0.2, 0.25) is 5.91 Å². The van der Waals surface area contributed by atoms with E-state index < -0.39 is 22.9 Å². The fourth-order valence-corrected chi connectivity index (χ4v) is 4.67. The molecule has 3 rings (SSSR count). The van der Waals surface area contributed by atoms with Gasteiger partial charge in [-0.25, -0.2) is 0 Å². The van der Waals surface area contributed by atoms with E-state index in [0.29, 0.717) is 17.3 Å². The molecule has 0 saturated heterocycles. The second kappa shape index (κ2) is 10.4. The summed E-state index contributed by atoms with van der Waals surface area (Å²) in [5, 5.41) is 10.7. The second-order valence-electron chi connectivity index (χ2n) is 7.11. The molecule has 0 aliphatic heterocycles. The molecule has 1 heterocycles. The van der Waals surface area contributed by atoms with Crippen molar-refractivity contribution in [2.24, 2.45) is 7.05 Å². The number of carbonyl (C=O) groups excluding carboxylic acids is 1. The Bertz CT molecular complexity index is 1070. The molecule has 0 saturated carbocycles. The van der Waals surface area contributed by atoms with Crippen LogP contribution in [0.1, 0.15) is 30.3 Å². The van der Waals surface area contributed by atoms with Crippen LogP contribution in [0.25, 0.3) is 0 Å². The quantitative estimate of drug-likeness (QED) is 0.404. The van der Waals surface area contributed by atoms with Crippen LogP contribution in [0.5, 0.6) is 0 Å². The average Bonchev–Trinajstić information content (AvgIpc) is 3.10. The molecule has 0 aliphatic rings. The zero-order valence-electron chi connectivity index (χ0n) is 17.8. The predicted molar refractivity (Wildman–Crippen MR) is 122 cm³/mol. The molecule has 1 aromatic heterocycles. The smallest absolute Gasteiger partial charge is 0.325 e. The molecular weight excluding hydrogens is 457 g/mol. The summed E-state index contributed by atoms with van der Waals surface area (Å²) in [6.45, 7) is 3.83. The Morgan fingerprint density at radius 3 is 2.47 bits per heavy atom. The van der Waals surface area contributed by atoms with Gasteiger partial charge in [-0.3, -0.25) is 4.79 Å². The maximum Gasteiger partial charge on any atom is 0.418 e. The molecule has 32 heavy (non-hydrogen) atoms. The number of aryl methyl sites for hydroxylation is 1. The van der Waals surface area contributed by atoms with Crippen molar-refractivity contribution in [3.05, 3.63) is 65.5 Å². The highest BCUT2D eigenvalue weighted by Gasteiger charge is 2.34. The second-order valence-corrected chi connectivity index (χ2v) is 9.33. The number of anilines is 1. The molecule has 1 amide bonds. The van der Waals surface area contributed by atoms with Crippen molar-refractivity contribution in [3.63, 3.8) is 0 Å². The molecule has 0 spiro atoms. The van der Waals surface area contributed by atoms with Crippen LogP contribution in [0.3, 0.4) is 0 Å². The summed E-state index contributed by atoms with van der Waals surface area (Å²) in [6, 6.07) is 13.1. The molecule has 1 unspecified atom stereocenters. The number of hydrogen-bond donors (Lipinski definition) is 1. The number of thioether (sulfide) groups is 2. The van der Waals surface area contributed by atoms with Gasteiger partial charge in [0.05, 0.1) is 22.3 Å². The van der Waals surface area contributed by atoms with Gasteiger partial charge in [-0.1, -0.05) is 48.5 Å². The first-order valence-corrected chi connectivity index (χ1v) is 11.8. The van der Waals surface area contributed by atoms with Crippen molar-refractivity contribution in [3.8, 4) is 0 Å². The third kappa shape index (κ3) is 6.07. The number of nitrogens with one attached hydrogen (secondary N) is 1. The summed E-state index contributed by atoms with van der Waals surface area (Å²) >= 11 is 2.82. The lowest BCUT2D eigenvalue weighted by Crippen LogP contribution is -2.26. The minimum atomic E-state index is -4.55. The van der Waals surface area contributed by atoms with Gasteiger partial charge in [0.1, 0.15) is 5.82 Å². The first-order valence-electron chi connectivity index (χ1n) is 9.90. The molecule has 0 fully saturated rings. The number of halogens is 3. The maximum absolute atomic E-state index is 13.2. The SMILES string of the molecule is CCC(Sc1nnc(CSc2ccc(C)cc2)n1C)C(=O)Nc1ccccc1C(F)(F)F. The van der Waals surface area contributed by atoms with Gasteiger partial charge in [0, 0.05) is 11.9 Å². The van der Waals surface area contributed by atoms with E-state index in [4.69, 9.17) is 0 Å². The lowest BCUT2D eigenvalue weighted by atomic mass is 10.1. The van der Waals surface area contributed by atoms with Gasteiger partial charge in [0.15, 0.2) is 5.16 Å². The Kier molecular flexibility index (Phi) is 7.89. The number of alkyl halides is 3. The predicted octanol–water partition coefficient (Wildman–Crippen LogP) is 5.94. The first kappa shape index (κ1) is 24.2. The van der Waals surface area contributed by atoms with Crippen LogP contribution in [0.15, 0.2) is 58.6 Å². The molecule has 3 aromatic rings. The van der Waals surface area contributed by atoms with Crippen LogP contribution in [-0.2, 0) is 23.8 Å². The van der Waals surface area contributed by atoms with Crippen molar-refractivity contribution in [2.45, 2.75) is 47.5 Å². The zero-order chi connectivity index (χ0) is 23.3. The van der Waals surface area contributed by atoms with Gasteiger partial charge < -0.3 is 9.88 Å². The lowest BCUT2D eigenvalue weighted by molar-refractivity contribution is -0.137. The molecule has 1 atom stereocenters. The topological polar surface area (TPSA) is 59.8 Å². The van der Waals surface area contributed by atoms with Crippen LogP contribution in [-0.4, -0.2) is 25.9 Å². The van der Waals surface area contributed by atoms with E-state index in [1.165, 1.54) is 35.5 Å². The van der Waals surface area contributed by atoms with E-state index in [9.17, 15) is 18.0 Å². The van der Waals surface area contributed by atoms with Gasteiger partial charge in [-0.15, -0.1) is 22.0 Å². The van der Waals surface area contributed by atoms with Gasteiger partial charge in [0.25, 0.3) is 0 Å². The molecule has 10 heteroatoms. The number of carbonyl (C=O) groups is 1. The van der Waals surface area contributed by atoms with Gasteiger partial charge in [-0.05, 0) is 37.6 Å². The van der Waals surface area contributed by atoms with E-state index >= 15 is 0 Å². The summed E-state index contributed by atoms with van der Waals surface area (Å²) in [5.74, 6) is 0.846. The number of amides is 1. The Labute approximate surface area is 193 Å². The fourth-order valence-electron chi connectivity index (χ4n) is 2.86. The summed E-state index contributed by atoms with van der Waals surface area (Å²) in [5.41, 5.74) is 0.0629. The highest BCUT2D eigenvalue weighted by molar-refractivity contribution is 8.00. The van der Waals surface area contributed by atoms with E-state index in [1.54, 1.807) is 18.7 Å². The number of benzene rings is 2. The fraction of sp³-hybridized carbons (Fsp3) is 0.318. The Balaban J connectivity index is 1.67. The minimum absolute atomic E-state index is 0.253. The van der Waals surface area contributed by atoms with Crippen molar-refractivity contribution in [1.29, 1.82) is 0 Å². The minimum Gasteiger partial charge on any atom is -0.325 e. The number of hydrogen-bond acceptors (Lipinski definition) is 5.